The molecule has 1 aromatic heterocycles. The van der Waals surface area contributed by atoms with Crippen LogP contribution < -0.4 is 0 Å². The van der Waals surface area contributed by atoms with Crippen molar-refractivity contribution in [1.82, 2.24) is 9.55 Å². The molecule has 0 aliphatic heterocycles. The van der Waals surface area contributed by atoms with Gasteiger partial charge >= 0.3 is 0 Å². The van der Waals surface area contributed by atoms with Gasteiger partial charge in [-0.05, 0) is 122 Å². The molecule has 0 N–H and O–H groups in total. The Morgan fingerprint density at radius 2 is 0.763 bits per heavy atom. The average molecular weight is 747 g/mol. The number of nitrogens with zero attached hydrogens (tertiary/aromatic N) is 2. The smallest absolute Gasteiger partial charge is 0.145 e. The highest BCUT2D eigenvalue weighted by Crippen LogP contribution is 2.42. The highest BCUT2D eigenvalue weighted by Gasteiger charge is 2.18. The van der Waals surface area contributed by atoms with Crippen LogP contribution >= 0.6 is 0 Å². The summed E-state index contributed by atoms with van der Waals surface area (Å²) in [6, 6.07) is 75.7. The normalized spacial score (nSPS) is 12.1. The standard InChI is InChI=1S/C57H34N2/c1-2-6-35(7-3-1)45-26-33-52-51(34-45)58-57(44-18-12-36(13-19-44)47-29-22-42-16-14-38-8-4-10-40-24-31-49(47)55(42)53(38)40)59(52)46-27-20-37(21-28-46)48-30-23-43-17-15-39-9-5-11-41-25-32-50(48)56(43)54(39)41/h1-34H. The van der Waals surface area contributed by atoms with Crippen molar-refractivity contribution in [2.24, 2.45) is 0 Å². The van der Waals surface area contributed by atoms with E-state index in [1.165, 1.54) is 92.5 Å². The lowest BCUT2D eigenvalue weighted by Crippen LogP contribution is -1.98. The lowest BCUT2D eigenvalue weighted by molar-refractivity contribution is 1.10. The minimum absolute atomic E-state index is 0.919. The van der Waals surface area contributed by atoms with Gasteiger partial charge in [0.2, 0.25) is 0 Å². The summed E-state index contributed by atoms with van der Waals surface area (Å²) in [6.07, 6.45) is 0. The zero-order valence-electron chi connectivity index (χ0n) is 32.0. The van der Waals surface area contributed by atoms with Crippen LogP contribution in [0.5, 0.6) is 0 Å². The molecule has 13 aromatic rings. The Kier molecular flexibility index (Phi) is 6.76. The third-order valence-electron chi connectivity index (χ3n) is 12.7. The lowest BCUT2D eigenvalue weighted by atomic mass is 9.90. The van der Waals surface area contributed by atoms with E-state index in [1.54, 1.807) is 0 Å². The molecule has 12 aromatic carbocycles. The van der Waals surface area contributed by atoms with Gasteiger partial charge in [0.15, 0.2) is 0 Å². The molecule has 1 heterocycles. The van der Waals surface area contributed by atoms with Crippen LogP contribution in [0.1, 0.15) is 0 Å². The van der Waals surface area contributed by atoms with Crippen molar-refractivity contribution in [3.63, 3.8) is 0 Å². The maximum atomic E-state index is 5.38. The highest BCUT2D eigenvalue weighted by molar-refractivity contribution is 6.26. The first-order valence-electron chi connectivity index (χ1n) is 20.4. The van der Waals surface area contributed by atoms with Gasteiger partial charge in [-0.25, -0.2) is 4.98 Å². The van der Waals surface area contributed by atoms with Gasteiger partial charge in [-0.3, -0.25) is 4.57 Å². The van der Waals surface area contributed by atoms with Gasteiger partial charge < -0.3 is 0 Å². The molecule has 2 heteroatoms. The molecule has 0 aliphatic carbocycles. The summed E-state index contributed by atoms with van der Waals surface area (Å²) >= 11 is 0. The molecule has 272 valence electrons. The van der Waals surface area contributed by atoms with Gasteiger partial charge in [0, 0.05) is 11.3 Å². The number of aromatic nitrogens is 2. The first-order chi connectivity index (χ1) is 29.2. The van der Waals surface area contributed by atoms with Gasteiger partial charge in [0.05, 0.1) is 11.0 Å². The first-order valence-corrected chi connectivity index (χ1v) is 20.4. The number of hydrogen-bond acceptors (Lipinski definition) is 1. The minimum Gasteiger partial charge on any atom is -0.292 e. The van der Waals surface area contributed by atoms with E-state index in [-0.39, 0.29) is 0 Å². The Bertz CT molecular complexity index is 3710. The van der Waals surface area contributed by atoms with Crippen LogP contribution in [0.3, 0.4) is 0 Å². The number of fused-ring (bicyclic) bond motifs is 1. The van der Waals surface area contributed by atoms with Crippen LogP contribution in [-0.2, 0) is 0 Å². The lowest BCUT2D eigenvalue weighted by Gasteiger charge is -2.15. The summed E-state index contributed by atoms with van der Waals surface area (Å²) in [5.74, 6) is 0.919. The van der Waals surface area contributed by atoms with Crippen molar-refractivity contribution in [2.45, 2.75) is 0 Å². The van der Waals surface area contributed by atoms with Crippen molar-refractivity contribution in [3.05, 3.63) is 206 Å². The van der Waals surface area contributed by atoms with Crippen molar-refractivity contribution in [3.8, 4) is 50.5 Å². The molecular formula is C57H34N2. The topological polar surface area (TPSA) is 17.8 Å². The molecule has 13 rings (SSSR count). The quantitative estimate of drug-likeness (QED) is 0.160. The van der Waals surface area contributed by atoms with Crippen molar-refractivity contribution in [1.29, 1.82) is 0 Å². The SMILES string of the molecule is c1ccc(-c2ccc3c(c2)nc(-c2ccc(-c4ccc5ccc6cccc7ccc4c5c67)cc2)n3-c2ccc(-c3ccc4ccc5cccc6ccc3c4c56)cc2)cc1. The summed E-state index contributed by atoms with van der Waals surface area (Å²) in [5.41, 5.74) is 11.4. The fourth-order valence-corrected chi connectivity index (χ4v) is 9.91. The van der Waals surface area contributed by atoms with E-state index in [0.717, 1.165) is 33.7 Å². The Morgan fingerprint density at radius 1 is 0.305 bits per heavy atom. The Balaban J connectivity index is 0.946. The van der Waals surface area contributed by atoms with Crippen LogP contribution in [-0.4, -0.2) is 9.55 Å². The summed E-state index contributed by atoms with van der Waals surface area (Å²) in [4.78, 5) is 5.38. The van der Waals surface area contributed by atoms with Crippen LogP contribution in [0.2, 0.25) is 0 Å². The average Bonchev–Trinajstić information content (AvgIpc) is 3.69. The molecule has 59 heavy (non-hydrogen) atoms. The van der Waals surface area contributed by atoms with Crippen molar-refractivity contribution in [2.75, 3.05) is 0 Å². The molecule has 0 radical (unpaired) electrons. The van der Waals surface area contributed by atoms with E-state index in [0.29, 0.717) is 0 Å². The highest BCUT2D eigenvalue weighted by atomic mass is 15.1. The number of rotatable bonds is 5. The summed E-state index contributed by atoms with van der Waals surface area (Å²) < 4.78 is 2.32. The largest absolute Gasteiger partial charge is 0.292 e. The Morgan fingerprint density at radius 3 is 1.32 bits per heavy atom. The third kappa shape index (κ3) is 4.84. The second-order valence-electron chi connectivity index (χ2n) is 15.9. The molecule has 0 spiro atoms. The zero-order chi connectivity index (χ0) is 38.6. The first kappa shape index (κ1) is 32.3. The van der Waals surface area contributed by atoms with Gasteiger partial charge in [0.1, 0.15) is 5.82 Å². The maximum absolute atomic E-state index is 5.38. The predicted octanol–water partition coefficient (Wildman–Crippen LogP) is 15.5. The Hall–Kier alpha value is -7.81. The molecular weight excluding hydrogens is 713 g/mol. The number of hydrogen-bond donors (Lipinski definition) is 0. The predicted molar refractivity (Wildman–Crippen MR) is 250 cm³/mol. The fraction of sp³-hybridized carbons (Fsp3) is 0. The monoisotopic (exact) mass is 746 g/mol. The van der Waals surface area contributed by atoms with Crippen molar-refractivity contribution < 1.29 is 0 Å². The van der Waals surface area contributed by atoms with Crippen LogP contribution in [0.4, 0.5) is 0 Å². The van der Waals surface area contributed by atoms with E-state index < -0.39 is 0 Å². The van der Waals surface area contributed by atoms with E-state index in [1.807, 2.05) is 0 Å². The van der Waals surface area contributed by atoms with Crippen LogP contribution in [0.15, 0.2) is 206 Å². The fourth-order valence-electron chi connectivity index (χ4n) is 9.91. The third-order valence-corrected chi connectivity index (χ3v) is 12.7. The van der Waals surface area contributed by atoms with E-state index in [2.05, 4.69) is 211 Å². The summed E-state index contributed by atoms with van der Waals surface area (Å²) in [7, 11) is 0. The van der Waals surface area contributed by atoms with E-state index in [9.17, 15) is 0 Å². The molecule has 2 nitrogen and oxygen atoms in total. The molecule has 0 saturated heterocycles. The van der Waals surface area contributed by atoms with Crippen LogP contribution in [0.25, 0.3) is 126 Å². The van der Waals surface area contributed by atoms with E-state index >= 15 is 0 Å². The zero-order valence-corrected chi connectivity index (χ0v) is 32.0. The minimum atomic E-state index is 0.919. The van der Waals surface area contributed by atoms with Crippen LogP contribution in [0, 0.1) is 0 Å². The van der Waals surface area contributed by atoms with E-state index in [4.69, 9.17) is 4.98 Å². The molecule has 0 amide bonds. The molecule has 0 bridgehead atoms. The van der Waals surface area contributed by atoms with Gasteiger partial charge in [0.25, 0.3) is 0 Å². The maximum Gasteiger partial charge on any atom is 0.145 e. The van der Waals surface area contributed by atoms with Gasteiger partial charge in [-0.15, -0.1) is 0 Å². The van der Waals surface area contributed by atoms with Crippen molar-refractivity contribution >= 4 is 75.7 Å². The molecule has 0 saturated carbocycles. The molecule has 0 fully saturated rings. The molecule has 0 aliphatic rings. The number of benzene rings is 12. The second kappa shape index (κ2) is 12.3. The van der Waals surface area contributed by atoms with Gasteiger partial charge in [-0.2, -0.15) is 0 Å². The molecule has 0 unspecified atom stereocenters. The van der Waals surface area contributed by atoms with Gasteiger partial charge in [-0.1, -0.05) is 182 Å². The summed E-state index contributed by atoms with van der Waals surface area (Å²) in [6.45, 7) is 0. The Labute approximate surface area is 340 Å². The molecule has 0 atom stereocenters. The second-order valence-corrected chi connectivity index (χ2v) is 15.9. The number of imidazole rings is 1. The summed E-state index contributed by atoms with van der Waals surface area (Å²) in [5, 5.41) is 15.6.